The van der Waals surface area contributed by atoms with Gasteiger partial charge in [0, 0.05) is 42.3 Å². The van der Waals surface area contributed by atoms with Crippen molar-refractivity contribution in [1.29, 1.82) is 0 Å². The number of fused-ring (bicyclic) bond motifs is 1. The molecule has 1 saturated heterocycles. The third kappa shape index (κ3) is 3.19. The number of aromatic nitrogens is 1. The van der Waals surface area contributed by atoms with Crippen molar-refractivity contribution in [2.24, 2.45) is 0 Å². The zero-order chi connectivity index (χ0) is 18.1. The van der Waals surface area contributed by atoms with Crippen LogP contribution in [0, 0.1) is 0 Å². The first-order chi connectivity index (χ1) is 12.6. The van der Waals surface area contributed by atoms with E-state index in [4.69, 9.17) is 0 Å². The number of benzene rings is 2. The third-order valence-electron chi connectivity index (χ3n) is 6.13. The van der Waals surface area contributed by atoms with Crippen molar-refractivity contribution >= 4 is 10.9 Å². The first kappa shape index (κ1) is 17.4. The fraction of sp³-hybridized carbons (Fsp3) is 0.417. The molecule has 2 heterocycles. The predicted octanol–water partition coefficient (Wildman–Crippen LogP) is 5.78. The Kier molecular flexibility index (Phi) is 4.62. The highest BCUT2D eigenvalue weighted by Crippen LogP contribution is 2.37. The molecule has 0 N–H and O–H groups in total. The van der Waals surface area contributed by atoms with Gasteiger partial charge in [0.25, 0.3) is 0 Å². The summed E-state index contributed by atoms with van der Waals surface area (Å²) in [5.74, 6) is 0.558. The van der Waals surface area contributed by atoms with Crippen molar-refractivity contribution in [2.45, 2.75) is 51.6 Å². The second-order valence-electron chi connectivity index (χ2n) is 8.38. The van der Waals surface area contributed by atoms with E-state index < -0.39 is 0 Å². The molecule has 1 aliphatic heterocycles. The standard InChI is InChI=1S/C24H30N2/c1-19(2)22-18-26(23-12-8-7-11-21(22)23)24(3)13-15-25(16-14-24)17-20-9-5-4-6-10-20/h4-12,18-19H,13-17H2,1-3H3. The smallest absolute Gasteiger partial charge is 0.0488 e. The van der Waals surface area contributed by atoms with E-state index in [0.29, 0.717) is 5.92 Å². The molecule has 0 amide bonds. The van der Waals surface area contributed by atoms with Crippen LogP contribution in [-0.2, 0) is 12.1 Å². The van der Waals surface area contributed by atoms with Gasteiger partial charge < -0.3 is 4.57 Å². The molecule has 2 aromatic carbocycles. The molecule has 0 aliphatic carbocycles. The molecule has 26 heavy (non-hydrogen) atoms. The van der Waals surface area contributed by atoms with Crippen LogP contribution in [0.15, 0.2) is 60.8 Å². The number of nitrogens with zero attached hydrogens (tertiary/aromatic N) is 2. The maximum atomic E-state index is 2.60. The van der Waals surface area contributed by atoms with Crippen LogP contribution in [0.3, 0.4) is 0 Å². The minimum atomic E-state index is 0.208. The summed E-state index contributed by atoms with van der Waals surface area (Å²) in [7, 11) is 0. The summed E-state index contributed by atoms with van der Waals surface area (Å²) < 4.78 is 2.58. The Hall–Kier alpha value is -2.06. The Morgan fingerprint density at radius 1 is 0.923 bits per heavy atom. The molecule has 1 fully saturated rings. The van der Waals surface area contributed by atoms with Crippen LogP contribution in [0.25, 0.3) is 10.9 Å². The highest BCUT2D eigenvalue weighted by Gasteiger charge is 2.33. The van der Waals surface area contributed by atoms with Gasteiger partial charge in [0.15, 0.2) is 0 Å². The molecule has 136 valence electrons. The molecule has 4 rings (SSSR count). The second kappa shape index (κ2) is 6.92. The lowest BCUT2D eigenvalue weighted by atomic mass is 9.89. The fourth-order valence-electron chi connectivity index (χ4n) is 4.39. The summed E-state index contributed by atoms with van der Waals surface area (Å²) in [6, 6.07) is 19.8. The second-order valence-corrected chi connectivity index (χ2v) is 8.38. The molecule has 2 heteroatoms. The SMILES string of the molecule is CC(C)c1cn(C2(C)CCN(Cc3ccccc3)CC2)c2ccccc12. The van der Waals surface area contributed by atoms with E-state index in [0.717, 1.165) is 19.6 Å². The topological polar surface area (TPSA) is 8.17 Å². The van der Waals surface area contributed by atoms with Crippen molar-refractivity contribution < 1.29 is 0 Å². The highest BCUT2D eigenvalue weighted by molar-refractivity contribution is 5.84. The van der Waals surface area contributed by atoms with E-state index in [1.807, 2.05) is 0 Å². The van der Waals surface area contributed by atoms with Gasteiger partial charge in [0.2, 0.25) is 0 Å². The first-order valence-electron chi connectivity index (χ1n) is 9.93. The zero-order valence-corrected chi connectivity index (χ0v) is 16.3. The lowest BCUT2D eigenvalue weighted by molar-refractivity contribution is 0.121. The van der Waals surface area contributed by atoms with Crippen LogP contribution in [0.1, 0.15) is 50.7 Å². The van der Waals surface area contributed by atoms with Gasteiger partial charge in [-0.25, -0.2) is 0 Å². The van der Waals surface area contributed by atoms with Gasteiger partial charge in [-0.2, -0.15) is 0 Å². The van der Waals surface area contributed by atoms with Crippen molar-refractivity contribution in [3.8, 4) is 0 Å². The Morgan fingerprint density at radius 2 is 1.58 bits per heavy atom. The number of para-hydroxylation sites is 1. The Balaban J connectivity index is 1.57. The van der Waals surface area contributed by atoms with Crippen LogP contribution in [0.4, 0.5) is 0 Å². The Morgan fingerprint density at radius 3 is 2.27 bits per heavy atom. The highest BCUT2D eigenvalue weighted by atomic mass is 15.2. The molecule has 2 nitrogen and oxygen atoms in total. The molecule has 1 aromatic heterocycles. The van der Waals surface area contributed by atoms with Gasteiger partial charge in [0.1, 0.15) is 0 Å². The van der Waals surface area contributed by atoms with E-state index in [-0.39, 0.29) is 5.54 Å². The summed E-state index contributed by atoms with van der Waals surface area (Å²) in [6.45, 7) is 10.4. The summed E-state index contributed by atoms with van der Waals surface area (Å²) >= 11 is 0. The van der Waals surface area contributed by atoms with Crippen LogP contribution < -0.4 is 0 Å². The largest absolute Gasteiger partial charge is 0.341 e. The van der Waals surface area contributed by atoms with E-state index >= 15 is 0 Å². The molecule has 0 spiro atoms. The average molecular weight is 347 g/mol. The molecule has 0 bridgehead atoms. The summed E-state index contributed by atoms with van der Waals surface area (Å²) in [6.07, 6.45) is 4.84. The van der Waals surface area contributed by atoms with Crippen LogP contribution in [0.5, 0.6) is 0 Å². The van der Waals surface area contributed by atoms with Crippen LogP contribution >= 0.6 is 0 Å². The summed E-state index contributed by atoms with van der Waals surface area (Å²) in [5, 5.41) is 1.43. The number of rotatable bonds is 4. The molecule has 3 aromatic rings. The number of hydrogen-bond donors (Lipinski definition) is 0. The summed E-state index contributed by atoms with van der Waals surface area (Å²) in [5.41, 5.74) is 4.51. The van der Waals surface area contributed by atoms with E-state index in [9.17, 15) is 0 Å². The molecular formula is C24H30N2. The maximum absolute atomic E-state index is 2.60. The van der Waals surface area contributed by atoms with E-state index in [1.165, 1.54) is 34.9 Å². The van der Waals surface area contributed by atoms with Gasteiger partial charge in [-0.1, -0.05) is 62.4 Å². The van der Waals surface area contributed by atoms with E-state index in [1.54, 1.807) is 0 Å². The Bertz CT molecular complexity index is 868. The van der Waals surface area contributed by atoms with Gasteiger partial charge in [-0.15, -0.1) is 0 Å². The first-order valence-corrected chi connectivity index (χ1v) is 9.93. The lowest BCUT2D eigenvalue weighted by Gasteiger charge is -2.41. The molecule has 0 saturated carbocycles. The maximum Gasteiger partial charge on any atom is 0.0488 e. The predicted molar refractivity (Wildman–Crippen MR) is 111 cm³/mol. The number of hydrogen-bond acceptors (Lipinski definition) is 1. The Labute approximate surface area is 157 Å². The number of piperidine rings is 1. The zero-order valence-electron chi connectivity index (χ0n) is 16.3. The van der Waals surface area contributed by atoms with Crippen molar-refractivity contribution in [1.82, 2.24) is 9.47 Å². The minimum absolute atomic E-state index is 0.208. The van der Waals surface area contributed by atoms with Gasteiger partial charge in [0.05, 0.1) is 0 Å². The molecular weight excluding hydrogens is 316 g/mol. The summed E-state index contributed by atoms with van der Waals surface area (Å²) in [4.78, 5) is 2.60. The molecule has 1 aliphatic rings. The van der Waals surface area contributed by atoms with Gasteiger partial charge in [-0.05, 0) is 42.9 Å². The van der Waals surface area contributed by atoms with Gasteiger partial charge >= 0.3 is 0 Å². The van der Waals surface area contributed by atoms with Crippen molar-refractivity contribution in [3.05, 3.63) is 71.9 Å². The normalized spacial score (nSPS) is 17.8. The molecule has 0 unspecified atom stereocenters. The van der Waals surface area contributed by atoms with E-state index in [2.05, 4.69) is 91.0 Å². The fourth-order valence-corrected chi connectivity index (χ4v) is 4.39. The van der Waals surface area contributed by atoms with Crippen LogP contribution in [-0.4, -0.2) is 22.6 Å². The monoisotopic (exact) mass is 346 g/mol. The van der Waals surface area contributed by atoms with Crippen molar-refractivity contribution in [2.75, 3.05) is 13.1 Å². The minimum Gasteiger partial charge on any atom is -0.341 e. The molecule has 0 radical (unpaired) electrons. The van der Waals surface area contributed by atoms with Crippen LogP contribution in [0.2, 0.25) is 0 Å². The average Bonchev–Trinajstić information content (AvgIpc) is 3.06. The molecule has 0 atom stereocenters. The quantitative estimate of drug-likeness (QED) is 0.582. The lowest BCUT2D eigenvalue weighted by Crippen LogP contribution is -2.43. The third-order valence-corrected chi connectivity index (χ3v) is 6.13. The van der Waals surface area contributed by atoms with Crippen molar-refractivity contribution in [3.63, 3.8) is 0 Å². The number of likely N-dealkylation sites (tertiary alicyclic amines) is 1. The van der Waals surface area contributed by atoms with Gasteiger partial charge in [-0.3, -0.25) is 4.90 Å².